The molecule has 6 heteroatoms. The molecule has 0 aliphatic rings. The SMILES string of the molecule is COc1ccc(Br)cc1CN(C)C(=O)c1cccnc1Oc1ccccc1. The van der Waals surface area contributed by atoms with Crippen LogP contribution >= 0.6 is 15.9 Å². The monoisotopic (exact) mass is 426 g/mol. The molecule has 27 heavy (non-hydrogen) atoms. The Hall–Kier alpha value is -2.86. The maximum absolute atomic E-state index is 13.0. The molecule has 0 N–H and O–H groups in total. The summed E-state index contributed by atoms with van der Waals surface area (Å²) in [7, 11) is 3.35. The van der Waals surface area contributed by atoms with Crippen LogP contribution in [0, 0.1) is 0 Å². The third-order valence-electron chi connectivity index (χ3n) is 3.96. The molecular weight excluding hydrogens is 408 g/mol. The first kappa shape index (κ1) is 18.9. The van der Waals surface area contributed by atoms with E-state index in [0.717, 1.165) is 15.8 Å². The molecule has 0 radical (unpaired) electrons. The summed E-state index contributed by atoms with van der Waals surface area (Å²) in [6, 6.07) is 18.4. The first-order valence-electron chi connectivity index (χ1n) is 8.34. The molecule has 0 atom stereocenters. The molecule has 5 nitrogen and oxygen atoms in total. The average molecular weight is 427 g/mol. The molecule has 1 aromatic heterocycles. The van der Waals surface area contributed by atoms with E-state index in [1.807, 2.05) is 48.5 Å². The van der Waals surface area contributed by atoms with E-state index < -0.39 is 0 Å². The maximum Gasteiger partial charge on any atom is 0.259 e. The van der Waals surface area contributed by atoms with Crippen LogP contribution in [0.4, 0.5) is 0 Å². The minimum Gasteiger partial charge on any atom is -0.496 e. The minimum atomic E-state index is -0.184. The van der Waals surface area contributed by atoms with Crippen molar-refractivity contribution >= 4 is 21.8 Å². The Bertz CT molecular complexity index is 932. The number of rotatable bonds is 6. The van der Waals surface area contributed by atoms with Crippen molar-refractivity contribution < 1.29 is 14.3 Å². The second-order valence-corrected chi connectivity index (χ2v) is 6.80. The predicted molar refractivity (Wildman–Crippen MR) is 107 cm³/mol. The van der Waals surface area contributed by atoms with Gasteiger partial charge in [-0.3, -0.25) is 4.79 Å². The number of para-hydroxylation sites is 1. The molecule has 0 bridgehead atoms. The van der Waals surface area contributed by atoms with Gasteiger partial charge in [0.15, 0.2) is 0 Å². The average Bonchev–Trinajstić information content (AvgIpc) is 2.69. The van der Waals surface area contributed by atoms with Crippen LogP contribution in [0.1, 0.15) is 15.9 Å². The standard InChI is InChI=1S/C21H19BrN2O3/c1-24(14-15-13-16(22)10-11-19(15)26-2)21(25)18-9-6-12-23-20(18)27-17-7-4-3-5-8-17/h3-13H,14H2,1-2H3. The zero-order chi connectivity index (χ0) is 19.2. The highest BCUT2D eigenvalue weighted by Gasteiger charge is 2.19. The Morgan fingerprint density at radius 3 is 2.63 bits per heavy atom. The van der Waals surface area contributed by atoms with Crippen molar-refractivity contribution in [3.63, 3.8) is 0 Å². The van der Waals surface area contributed by atoms with E-state index >= 15 is 0 Å². The van der Waals surface area contributed by atoms with Crippen LogP contribution in [0.2, 0.25) is 0 Å². The zero-order valence-corrected chi connectivity index (χ0v) is 16.6. The highest BCUT2D eigenvalue weighted by molar-refractivity contribution is 9.10. The van der Waals surface area contributed by atoms with Gasteiger partial charge in [-0.15, -0.1) is 0 Å². The Morgan fingerprint density at radius 1 is 1.11 bits per heavy atom. The number of carbonyl (C=O) groups is 1. The lowest BCUT2D eigenvalue weighted by Gasteiger charge is -2.20. The summed E-state index contributed by atoms with van der Waals surface area (Å²) in [6.07, 6.45) is 1.60. The van der Waals surface area contributed by atoms with E-state index in [-0.39, 0.29) is 11.8 Å². The van der Waals surface area contributed by atoms with Crippen LogP contribution in [-0.2, 0) is 6.54 Å². The van der Waals surface area contributed by atoms with E-state index in [9.17, 15) is 4.79 Å². The molecule has 0 fully saturated rings. The lowest BCUT2D eigenvalue weighted by molar-refractivity contribution is 0.0781. The summed E-state index contributed by atoms with van der Waals surface area (Å²) in [5.41, 5.74) is 1.30. The molecule has 0 saturated heterocycles. The fraction of sp³-hybridized carbons (Fsp3) is 0.143. The molecule has 0 aliphatic carbocycles. The Kier molecular flexibility index (Phi) is 6.08. The number of nitrogens with zero attached hydrogens (tertiary/aromatic N) is 2. The smallest absolute Gasteiger partial charge is 0.259 e. The van der Waals surface area contributed by atoms with Gasteiger partial charge in [0.1, 0.15) is 17.1 Å². The molecule has 2 aromatic carbocycles. The van der Waals surface area contributed by atoms with Crippen molar-refractivity contribution in [3.05, 3.63) is 82.5 Å². The second-order valence-electron chi connectivity index (χ2n) is 5.89. The fourth-order valence-electron chi connectivity index (χ4n) is 2.64. The number of aromatic nitrogens is 1. The third-order valence-corrected chi connectivity index (χ3v) is 4.45. The topological polar surface area (TPSA) is 51.7 Å². The number of ether oxygens (including phenoxy) is 2. The van der Waals surface area contributed by atoms with Gasteiger partial charge in [0.05, 0.1) is 7.11 Å². The number of carbonyl (C=O) groups excluding carboxylic acids is 1. The van der Waals surface area contributed by atoms with Crippen LogP contribution < -0.4 is 9.47 Å². The zero-order valence-electron chi connectivity index (χ0n) is 15.1. The Labute approximate surface area is 166 Å². The quantitative estimate of drug-likeness (QED) is 0.561. The van der Waals surface area contributed by atoms with Crippen molar-refractivity contribution in [1.29, 1.82) is 0 Å². The van der Waals surface area contributed by atoms with Crippen LogP contribution in [0.15, 0.2) is 71.3 Å². The van der Waals surface area contributed by atoms with E-state index in [2.05, 4.69) is 20.9 Å². The molecule has 0 aliphatic heterocycles. The lowest BCUT2D eigenvalue weighted by atomic mass is 10.1. The number of halogens is 1. The number of amides is 1. The molecule has 3 rings (SSSR count). The molecule has 1 amide bonds. The number of methoxy groups -OCH3 is 1. The van der Waals surface area contributed by atoms with E-state index in [0.29, 0.717) is 17.9 Å². The van der Waals surface area contributed by atoms with Gasteiger partial charge in [-0.1, -0.05) is 34.1 Å². The van der Waals surface area contributed by atoms with Crippen molar-refractivity contribution in [2.45, 2.75) is 6.54 Å². The van der Waals surface area contributed by atoms with E-state index in [1.54, 1.807) is 37.4 Å². The van der Waals surface area contributed by atoms with Crippen LogP contribution in [0.3, 0.4) is 0 Å². The largest absolute Gasteiger partial charge is 0.496 e. The van der Waals surface area contributed by atoms with Gasteiger partial charge in [-0.25, -0.2) is 4.98 Å². The molecule has 138 valence electrons. The van der Waals surface area contributed by atoms with Crippen molar-refractivity contribution in [2.24, 2.45) is 0 Å². The van der Waals surface area contributed by atoms with Gasteiger partial charge in [-0.2, -0.15) is 0 Å². The Balaban J connectivity index is 1.83. The summed E-state index contributed by atoms with van der Waals surface area (Å²) in [6.45, 7) is 0.390. The summed E-state index contributed by atoms with van der Waals surface area (Å²) in [5.74, 6) is 1.45. The Morgan fingerprint density at radius 2 is 1.89 bits per heavy atom. The number of hydrogen-bond donors (Lipinski definition) is 0. The predicted octanol–water partition coefficient (Wildman–Crippen LogP) is 4.92. The number of pyridine rings is 1. The van der Waals surface area contributed by atoms with Gasteiger partial charge in [-0.05, 0) is 42.5 Å². The van der Waals surface area contributed by atoms with E-state index in [1.165, 1.54) is 0 Å². The third kappa shape index (κ3) is 4.65. The molecule has 3 aromatic rings. The summed E-state index contributed by atoms with van der Waals surface area (Å²) < 4.78 is 12.1. The number of benzene rings is 2. The highest BCUT2D eigenvalue weighted by Crippen LogP contribution is 2.27. The van der Waals surface area contributed by atoms with Crippen LogP contribution in [-0.4, -0.2) is 29.9 Å². The van der Waals surface area contributed by atoms with E-state index in [4.69, 9.17) is 9.47 Å². The lowest BCUT2D eigenvalue weighted by Crippen LogP contribution is -2.27. The van der Waals surface area contributed by atoms with Crippen molar-refractivity contribution in [3.8, 4) is 17.4 Å². The van der Waals surface area contributed by atoms with Crippen molar-refractivity contribution in [1.82, 2.24) is 9.88 Å². The van der Waals surface area contributed by atoms with Gasteiger partial charge < -0.3 is 14.4 Å². The molecular formula is C21H19BrN2O3. The fourth-order valence-corrected chi connectivity index (χ4v) is 3.05. The normalized spacial score (nSPS) is 10.3. The van der Waals surface area contributed by atoms with Gasteiger partial charge in [0.25, 0.3) is 5.91 Å². The molecule has 0 unspecified atom stereocenters. The molecule has 0 spiro atoms. The summed E-state index contributed by atoms with van der Waals surface area (Å²) in [5, 5.41) is 0. The molecule has 1 heterocycles. The highest BCUT2D eigenvalue weighted by atomic mass is 79.9. The van der Waals surface area contributed by atoms with Crippen LogP contribution in [0.25, 0.3) is 0 Å². The van der Waals surface area contributed by atoms with Gasteiger partial charge in [0.2, 0.25) is 5.88 Å². The van der Waals surface area contributed by atoms with Gasteiger partial charge in [0, 0.05) is 29.8 Å². The minimum absolute atomic E-state index is 0.184. The summed E-state index contributed by atoms with van der Waals surface area (Å²) in [4.78, 5) is 18.8. The van der Waals surface area contributed by atoms with Crippen molar-refractivity contribution in [2.75, 3.05) is 14.2 Å². The van der Waals surface area contributed by atoms with Crippen LogP contribution in [0.5, 0.6) is 17.4 Å². The maximum atomic E-state index is 13.0. The van der Waals surface area contributed by atoms with Gasteiger partial charge >= 0.3 is 0 Å². The first-order chi connectivity index (χ1) is 13.1. The summed E-state index contributed by atoms with van der Waals surface area (Å²) >= 11 is 3.46. The number of hydrogen-bond acceptors (Lipinski definition) is 4. The molecule has 0 saturated carbocycles. The second kappa shape index (κ2) is 8.68. The first-order valence-corrected chi connectivity index (χ1v) is 9.13.